The normalized spacial score (nSPS) is 27.7. The number of halogens is 1. The number of hydrogen-bond acceptors (Lipinski definition) is 2. The molecule has 0 aromatic carbocycles. The van der Waals surface area contributed by atoms with Crippen molar-refractivity contribution < 1.29 is 9.90 Å². The van der Waals surface area contributed by atoms with Crippen molar-refractivity contribution in [1.82, 2.24) is 4.90 Å². The minimum absolute atomic E-state index is 0.162. The summed E-state index contributed by atoms with van der Waals surface area (Å²) < 4.78 is 0. The number of carboxylic acids is 1. The smallest absolute Gasteiger partial charge is 0.311 e. The first kappa shape index (κ1) is 13.5. The lowest BCUT2D eigenvalue weighted by Crippen LogP contribution is -2.39. The lowest BCUT2D eigenvalue weighted by atomic mass is 9.76. The molecule has 0 saturated carbocycles. The molecule has 0 aromatic heterocycles. The summed E-state index contributed by atoms with van der Waals surface area (Å²) in [5.74, 6) is -0.507. The molecule has 16 heavy (non-hydrogen) atoms. The lowest BCUT2D eigenvalue weighted by Gasteiger charge is -2.28. The van der Waals surface area contributed by atoms with Gasteiger partial charge in [0.2, 0.25) is 0 Å². The van der Waals surface area contributed by atoms with Crippen molar-refractivity contribution in [1.29, 1.82) is 0 Å². The van der Waals surface area contributed by atoms with E-state index in [2.05, 4.69) is 4.90 Å². The molecule has 1 rings (SSSR count). The van der Waals surface area contributed by atoms with Crippen LogP contribution in [0.4, 0.5) is 0 Å². The van der Waals surface area contributed by atoms with Crippen LogP contribution in [0.5, 0.6) is 0 Å². The van der Waals surface area contributed by atoms with Crippen LogP contribution in [-0.4, -0.2) is 35.6 Å². The standard InChI is InChI=1S/C12H20ClNO2/c1-9(2)12(11(15)16)4-5-14(8-12)7-10(3)6-13/h6,9H,4-5,7-8H2,1-3H3,(H,15,16). The molecule has 0 aromatic rings. The maximum absolute atomic E-state index is 11.4. The average molecular weight is 246 g/mol. The van der Waals surface area contributed by atoms with Crippen LogP contribution < -0.4 is 0 Å². The van der Waals surface area contributed by atoms with Crippen LogP contribution in [0.25, 0.3) is 0 Å². The fourth-order valence-corrected chi connectivity index (χ4v) is 2.40. The van der Waals surface area contributed by atoms with Crippen LogP contribution in [0.2, 0.25) is 0 Å². The van der Waals surface area contributed by atoms with Gasteiger partial charge in [0.25, 0.3) is 0 Å². The molecule has 0 bridgehead atoms. The summed E-state index contributed by atoms with van der Waals surface area (Å²) >= 11 is 5.62. The Morgan fingerprint density at radius 3 is 2.62 bits per heavy atom. The van der Waals surface area contributed by atoms with E-state index in [1.54, 1.807) is 5.54 Å². The SMILES string of the molecule is CC(=CCl)CN1CCC(C(=O)O)(C(C)C)C1. The number of rotatable bonds is 4. The van der Waals surface area contributed by atoms with Crippen molar-refractivity contribution in [2.24, 2.45) is 11.3 Å². The topological polar surface area (TPSA) is 40.5 Å². The second kappa shape index (κ2) is 5.19. The van der Waals surface area contributed by atoms with Gasteiger partial charge >= 0.3 is 5.97 Å². The van der Waals surface area contributed by atoms with Gasteiger partial charge in [-0.3, -0.25) is 9.69 Å². The van der Waals surface area contributed by atoms with E-state index >= 15 is 0 Å². The summed E-state index contributed by atoms with van der Waals surface area (Å²) in [4.78, 5) is 13.6. The summed E-state index contributed by atoms with van der Waals surface area (Å²) in [6.07, 6.45) is 0.732. The average Bonchev–Trinajstić information content (AvgIpc) is 2.63. The third kappa shape index (κ3) is 2.58. The minimum atomic E-state index is -0.669. The molecule has 3 nitrogen and oxygen atoms in total. The molecular formula is C12H20ClNO2. The zero-order valence-corrected chi connectivity index (χ0v) is 10.9. The molecule has 4 heteroatoms. The molecule has 1 N–H and O–H groups in total. The van der Waals surface area contributed by atoms with E-state index in [1.165, 1.54) is 0 Å². The van der Waals surface area contributed by atoms with Crippen molar-refractivity contribution >= 4 is 17.6 Å². The molecule has 0 aliphatic carbocycles. The van der Waals surface area contributed by atoms with Crippen LogP contribution in [0, 0.1) is 11.3 Å². The van der Waals surface area contributed by atoms with Crippen LogP contribution >= 0.6 is 11.6 Å². The predicted octanol–water partition coefficient (Wildman–Crippen LogP) is 2.56. The molecular weight excluding hydrogens is 226 g/mol. The predicted molar refractivity (Wildman–Crippen MR) is 65.6 cm³/mol. The van der Waals surface area contributed by atoms with Gasteiger partial charge in [0.15, 0.2) is 0 Å². The maximum Gasteiger partial charge on any atom is 0.311 e. The summed E-state index contributed by atoms with van der Waals surface area (Å²) in [5, 5.41) is 9.38. The van der Waals surface area contributed by atoms with Crippen molar-refractivity contribution in [3.63, 3.8) is 0 Å². The van der Waals surface area contributed by atoms with Gasteiger partial charge in [-0.25, -0.2) is 0 Å². The Hall–Kier alpha value is -0.540. The number of hydrogen-bond donors (Lipinski definition) is 1. The largest absolute Gasteiger partial charge is 0.481 e. The minimum Gasteiger partial charge on any atom is -0.481 e. The first-order valence-corrected chi connectivity index (χ1v) is 6.07. The van der Waals surface area contributed by atoms with Crippen LogP contribution in [0.1, 0.15) is 27.2 Å². The third-order valence-corrected chi connectivity index (χ3v) is 3.94. The van der Waals surface area contributed by atoms with Gasteiger partial charge in [0.1, 0.15) is 0 Å². The molecule has 1 aliphatic heterocycles. The number of likely N-dealkylation sites (tertiary alicyclic amines) is 1. The van der Waals surface area contributed by atoms with E-state index in [-0.39, 0.29) is 5.92 Å². The van der Waals surface area contributed by atoms with Crippen LogP contribution in [0.15, 0.2) is 11.1 Å². The summed E-state index contributed by atoms with van der Waals surface area (Å²) in [6.45, 7) is 8.17. The third-order valence-electron chi connectivity index (χ3n) is 3.57. The quantitative estimate of drug-likeness (QED) is 0.828. The van der Waals surface area contributed by atoms with Gasteiger partial charge in [-0.15, -0.1) is 0 Å². The summed E-state index contributed by atoms with van der Waals surface area (Å²) in [7, 11) is 0. The molecule has 1 atom stereocenters. The van der Waals surface area contributed by atoms with Crippen LogP contribution in [-0.2, 0) is 4.79 Å². The van der Waals surface area contributed by atoms with Crippen molar-refractivity contribution in [3.05, 3.63) is 11.1 Å². The van der Waals surface area contributed by atoms with Gasteiger partial charge in [-0.2, -0.15) is 0 Å². The number of carbonyl (C=O) groups is 1. The molecule has 0 amide bonds. The van der Waals surface area contributed by atoms with E-state index in [4.69, 9.17) is 11.6 Å². The number of aliphatic carboxylic acids is 1. The van der Waals surface area contributed by atoms with Crippen molar-refractivity contribution in [2.75, 3.05) is 19.6 Å². The van der Waals surface area contributed by atoms with Gasteiger partial charge in [0.05, 0.1) is 5.41 Å². The molecule has 1 heterocycles. The molecule has 1 fully saturated rings. The number of nitrogens with zero attached hydrogens (tertiary/aromatic N) is 1. The molecule has 1 aliphatic rings. The van der Waals surface area contributed by atoms with Gasteiger partial charge in [-0.05, 0) is 31.4 Å². The van der Waals surface area contributed by atoms with Gasteiger partial charge in [0, 0.05) is 18.6 Å². The molecule has 1 unspecified atom stereocenters. The Bertz CT molecular complexity index is 301. The molecule has 0 radical (unpaired) electrons. The molecule has 1 saturated heterocycles. The van der Waals surface area contributed by atoms with E-state index in [0.717, 1.165) is 25.1 Å². The highest BCUT2D eigenvalue weighted by molar-refractivity contribution is 6.25. The first-order chi connectivity index (χ1) is 7.42. The number of carboxylic acid groups (broad SMARTS) is 1. The Balaban J connectivity index is 2.71. The highest BCUT2D eigenvalue weighted by Gasteiger charge is 2.46. The van der Waals surface area contributed by atoms with E-state index in [9.17, 15) is 9.90 Å². The molecule has 0 spiro atoms. The monoisotopic (exact) mass is 245 g/mol. The maximum atomic E-state index is 11.4. The molecule has 92 valence electrons. The zero-order valence-electron chi connectivity index (χ0n) is 10.2. The second-order valence-electron chi connectivity index (χ2n) is 5.03. The van der Waals surface area contributed by atoms with Crippen molar-refractivity contribution in [3.8, 4) is 0 Å². The second-order valence-corrected chi connectivity index (χ2v) is 5.25. The Morgan fingerprint density at radius 1 is 1.62 bits per heavy atom. The Morgan fingerprint density at radius 2 is 2.25 bits per heavy atom. The lowest BCUT2D eigenvalue weighted by molar-refractivity contribution is -0.150. The van der Waals surface area contributed by atoms with Gasteiger partial charge in [-0.1, -0.05) is 25.4 Å². The van der Waals surface area contributed by atoms with E-state index < -0.39 is 11.4 Å². The van der Waals surface area contributed by atoms with E-state index in [0.29, 0.717) is 6.54 Å². The fraction of sp³-hybridized carbons (Fsp3) is 0.750. The highest BCUT2D eigenvalue weighted by atomic mass is 35.5. The summed E-state index contributed by atoms with van der Waals surface area (Å²) in [5.41, 5.74) is 2.06. The van der Waals surface area contributed by atoms with E-state index in [1.807, 2.05) is 20.8 Å². The van der Waals surface area contributed by atoms with Gasteiger partial charge < -0.3 is 5.11 Å². The zero-order chi connectivity index (χ0) is 12.3. The fourth-order valence-electron chi connectivity index (χ4n) is 2.33. The highest BCUT2D eigenvalue weighted by Crippen LogP contribution is 2.38. The Kier molecular flexibility index (Phi) is 4.39. The van der Waals surface area contributed by atoms with Crippen LogP contribution in [0.3, 0.4) is 0 Å². The summed E-state index contributed by atoms with van der Waals surface area (Å²) in [6, 6.07) is 0. The first-order valence-electron chi connectivity index (χ1n) is 5.64. The van der Waals surface area contributed by atoms with Crippen molar-refractivity contribution in [2.45, 2.75) is 27.2 Å². The Labute approximate surface area is 102 Å².